The molecular weight excluding hydrogens is 291 g/mol. The molecule has 0 aliphatic rings. The molecule has 0 amide bonds. The number of carbonyl (C=O) groups is 1. The van der Waals surface area contributed by atoms with Gasteiger partial charge in [0, 0.05) is 16.5 Å². The third kappa shape index (κ3) is 2.72. The highest BCUT2D eigenvalue weighted by Crippen LogP contribution is 2.29. The van der Waals surface area contributed by atoms with E-state index in [1.54, 1.807) is 0 Å². The lowest BCUT2D eigenvalue weighted by Crippen LogP contribution is -2.10. The molecule has 0 aromatic carbocycles. The average molecular weight is 298 g/mol. The minimum absolute atomic E-state index is 0.0135. The Morgan fingerprint density at radius 1 is 1.56 bits per heavy atom. The number of nitrogens with zero attached hydrogens (tertiary/aromatic N) is 1. The van der Waals surface area contributed by atoms with Gasteiger partial charge in [-0.05, 0) is 0 Å². The van der Waals surface area contributed by atoms with Crippen molar-refractivity contribution in [2.45, 2.75) is 18.2 Å². The summed E-state index contributed by atoms with van der Waals surface area (Å²) in [7, 11) is 0. The molecule has 1 heterocycles. The first-order chi connectivity index (χ1) is 7.47. The van der Waals surface area contributed by atoms with Crippen molar-refractivity contribution in [3.05, 3.63) is 28.8 Å². The summed E-state index contributed by atoms with van der Waals surface area (Å²) in [6, 6.07) is 0. The number of hydrogen-bond acceptors (Lipinski definition) is 2. The van der Waals surface area contributed by atoms with Gasteiger partial charge in [0.05, 0.1) is 18.3 Å². The molecule has 0 fully saturated rings. The summed E-state index contributed by atoms with van der Waals surface area (Å²) in [5.41, 5.74) is -1.20. The zero-order valence-electron chi connectivity index (χ0n) is 7.88. The molecule has 0 spiro atoms. The van der Waals surface area contributed by atoms with E-state index < -0.39 is 35.8 Å². The van der Waals surface area contributed by atoms with Gasteiger partial charge in [-0.25, -0.2) is 13.2 Å². The summed E-state index contributed by atoms with van der Waals surface area (Å²) < 4.78 is 38.6. The lowest BCUT2D eigenvalue weighted by molar-refractivity contribution is -0.136. The highest BCUT2D eigenvalue weighted by atomic mass is 79.9. The zero-order valence-corrected chi connectivity index (χ0v) is 9.47. The van der Waals surface area contributed by atoms with Crippen molar-refractivity contribution >= 4 is 21.9 Å². The molecule has 1 N–H and O–H groups in total. The molecule has 7 heteroatoms. The van der Waals surface area contributed by atoms with E-state index in [4.69, 9.17) is 5.11 Å². The second kappa shape index (κ2) is 5.29. The number of carboxylic acids is 1. The number of rotatable bonds is 4. The van der Waals surface area contributed by atoms with Crippen LogP contribution in [0.4, 0.5) is 13.2 Å². The van der Waals surface area contributed by atoms with Gasteiger partial charge < -0.3 is 5.11 Å². The molecule has 0 saturated heterocycles. The monoisotopic (exact) mass is 297 g/mol. The molecule has 0 unspecified atom stereocenters. The van der Waals surface area contributed by atoms with Crippen LogP contribution < -0.4 is 0 Å². The number of pyridine rings is 1. The van der Waals surface area contributed by atoms with E-state index in [0.29, 0.717) is 0 Å². The molecule has 88 valence electrons. The van der Waals surface area contributed by atoms with E-state index in [-0.39, 0.29) is 11.0 Å². The minimum atomic E-state index is -2.95. The van der Waals surface area contributed by atoms with Gasteiger partial charge in [0.25, 0.3) is 6.43 Å². The SMILES string of the molecule is O=C(O)Cc1c(F)cnc(CBr)c1C(F)F. The summed E-state index contributed by atoms with van der Waals surface area (Å²) in [6.07, 6.45) is -2.99. The van der Waals surface area contributed by atoms with Crippen LogP contribution in [0.2, 0.25) is 0 Å². The number of carboxylic acid groups (broad SMARTS) is 1. The van der Waals surface area contributed by atoms with Gasteiger partial charge >= 0.3 is 5.97 Å². The lowest BCUT2D eigenvalue weighted by atomic mass is 10.0. The maximum atomic E-state index is 13.2. The first-order valence-electron chi connectivity index (χ1n) is 4.19. The Morgan fingerprint density at radius 2 is 2.19 bits per heavy atom. The largest absolute Gasteiger partial charge is 0.481 e. The molecule has 0 aliphatic carbocycles. The predicted molar refractivity (Wildman–Crippen MR) is 53.1 cm³/mol. The van der Waals surface area contributed by atoms with Crippen molar-refractivity contribution in [3.8, 4) is 0 Å². The van der Waals surface area contributed by atoms with Crippen LogP contribution in [0.3, 0.4) is 0 Å². The zero-order chi connectivity index (χ0) is 12.3. The summed E-state index contributed by atoms with van der Waals surface area (Å²) >= 11 is 2.94. The van der Waals surface area contributed by atoms with Crippen LogP contribution in [0.15, 0.2) is 6.20 Å². The highest BCUT2D eigenvalue weighted by molar-refractivity contribution is 9.08. The molecule has 3 nitrogen and oxygen atoms in total. The fraction of sp³-hybridized carbons (Fsp3) is 0.333. The molecular formula is C9H7BrF3NO2. The van der Waals surface area contributed by atoms with Crippen LogP contribution in [-0.4, -0.2) is 16.1 Å². The quantitative estimate of drug-likeness (QED) is 0.869. The molecule has 0 bridgehead atoms. The second-order valence-corrected chi connectivity index (χ2v) is 3.51. The Balaban J connectivity index is 3.35. The number of aliphatic carboxylic acids is 1. The van der Waals surface area contributed by atoms with Crippen LogP contribution in [0.5, 0.6) is 0 Å². The Kier molecular flexibility index (Phi) is 4.28. The normalized spacial score (nSPS) is 10.8. The van der Waals surface area contributed by atoms with E-state index in [9.17, 15) is 18.0 Å². The Morgan fingerprint density at radius 3 is 2.62 bits per heavy atom. The van der Waals surface area contributed by atoms with Crippen LogP contribution in [-0.2, 0) is 16.5 Å². The van der Waals surface area contributed by atoms with Crippen LogP contribution in [0.1, 0.15) is 23.2 Å². The van der Waals surface area contributed by atoms with E-state index >= 15 is 0 Å². The molecule has 0 saturated carbocycles. The Labute approximate surface area is 97.4 Å². The number of aromatic nitrogens is 1. The van der Waals surface area contributed by atoms with Gasteiger partial charge in [-0.1, -0.05) is 15.9 Å². The summed E-state index contributed by atoms with van der Waals surface area (Å²) in [5.74, 6) is -2.39. The molecule has 1 rings (SSSR count). The maximum absolute atomic E-state index is 13.2. The van der Waals surface area contributed by atoms with E-state index in [1.165, 1.54) is 0 Å². The van der Waals surface area contributed by atoms with Gasteiger partial charge in [0.1, 0.15) is 5.82 Å². The van der Waals surface area contributed by atoms with Crippen molar-refractivity contribution in [2.24, 2.45) is 0 Å². The third-order valence-corrected chi connectivity index (χ3v) is 2.46. The van der Waals surface area contributed by atoms with Gasteiger partial charge in [0.15, 0.2) is 0 Å². The number of alkyl halides is 3. The van der Waals surface area contributed by atoms with E-state index in [1.807, 2.05) is 0 Å². The predicted octanol–water partition coefficient (Wildman–Crippen LogP) is 2.68. The molecule has 0 radical (unpaired) electrons. The third-order valence-electron chi connectivity index (χ3n) is 1.93. The van der Waals surface area contributed by atoms with Gasteiger partial charge in [-0.2, -0.15) is 0 Å². The van der Waals surface area contributed by atoms with Crippen molar-refractivity contribution in [1.29, 1.82) is 0 Å². The lowest BCUT2D eigenvalue weighted by Gasteiger charge is -2.11. The minimum Gasteiger partial charge on any atom is -0.481 e. The van der Waals surface area contributed by atoms with Crippen LogP contribution >= 0.6 is 15.9 Å². The Bertz CT molecular complexity index is 412. The van der Waals surface area contributed by atoms with Crippen molar-refractivity contribution < 1.29 is 23.1 Å². The average Bonchev–Trinajstić information content (AvgIpc) is 2.19. The van der Waals surface area contributed by atoms with E-state index in [2.05, 4.69) is 20.9 Å². The molecule has 0 aliphatic heterocycles. The highest BCUT2D eigenvalue weighted by Gasteiger charge is 2.23. The number of hydrogen-bond donors (Lipinski definition) is 1. The van der Waals surface area contributed by atoms with Crippen molar-refractivity contribution in [1.82, 2.24) is 4.98 Å². The first-order valence-corrected chi connectivity index (χ1v) is 5.31. The first kappa shape index (κ1) is 13.0. The molecule has 1 aromatic rings. The molecule has 0 atom stereocenters. The van der Waals surface area contributed by atoms with E-state index in [0.717, 1.165) is 6.20 Å². The second-order valence-electron chi connectivity index (χ2n) is 2.95. The fourth-order valence-electron chi connectivity index (χ4n) is 1.28. The van der Waals surface area contributed by atoms with Gasteiger partial charge in [0.2, 0.25) is 0 Å². The number of halogens is 4. The molecule has 1 aromatic heterocycles. The summed E-state index contributed by atoms with van der Waals surface area (Å²) in [5, 5.41) is 8.53. The molecule has 16 heavy (non-hydrogen) atoms. The maximum Gasteiger partial charge on any atom is 0.307 e. The van der Waals surface area contributed by atoms with Crippen molar-refractivity contribution in [3.63, 3.8) is 0 Å². The van der Waals surface area contributed by atoms with Gasteiger partial charge in [-0.3, -0.25) is 9.78 Å². The van der Waals surface area contributed by atoms with Crippen LogP contribution in [0, 0.1) is 5.82 Å². The van der Waals surface area contributed by atoms with Gasteiger partial charge in [-0.15, -0.1) is 0 Å². The fourth-order valence-corrected chi connectivity index (χ4v) is 1.73. The van der Waals surface area contributed by atoms with Crippen molar-refractivity contribution in [2.75, 3.05) is 0 Å². The Hall–Kier alpha value is -1.11. The topological polar surface area (TPSA) is 50.2 Å². The standard InChI is InChI=1S/C9H7BrF3NO2/c10-2-6-8(9(12)13)4(1-7(15)16)5(11)3-14-6/h3,9H,1-2H2,(H,15,16). The smallest absolute Gasteiger partial charge is 0.307 e. The van der Waals surface area contributed by atoms with Crippen LogP contribution in [0.25, 0.3) is 0 Å². The summed E-state index contributed by atoms with van der Waals surface area (Å²) in [6.45, 7) is 0. The summed E-state index contributed by atoms with van der Waals surface area (Å²) in [4.78, 5) is 13.9.